The van der Waals surface area contributed by atoms with Crippen LogP contribution in [0.5, 0.6) is 0 Å². The molecule has 1 aromatic carbocycles. The van der Waals surface area contributed by atoms with Gasteiger partial charge in [0, 0.05) is 37.3 Å². The number of hydrogen-bond acceptors (Lipinski definition) is 6. The minimum Gasteiger partial charge on any atom is -0.431 e. The topological polar surface area (TPSA) is 114 Å². The molecule has 150 valence electrons. The summed E-state index contributed by atoms with van der Waals surface area (Å²) in [6, 6.07) is 7.71. The Hall–Kier alpha value is -3.75. The Morgan fingerprint density at radius 3 is 2.76 bits per heavy atom. The van der Waals surface area contributed by atoms with Gasteiger partial charge >= 0.3 is 0 Å². The maximum atomic E-state index is 14.4. The highest BCUT2D eigenvalue weighted by Crippen LogP contribution is 2.26. The Kier molecular flexibility index (Phi) is 5.87. The van der Waals surface area contributed by atoms with Crippen molar-refractivity contribution in [1.29, 1.82) is 0 Å². The van der Waals surface area contributed by atoms with E-state index in [1.807, 2.05) is 0 Å². The van der Waals surface area contributed by atoms with E-state index in [4.69, 9.17) is 10.2 Å². The van der Waals surface area contributed by atoms with Crippen LogP contribution in [0.4, 0.5) is 15.9 Å². The summed E-state index contributed by atoms with van der Waals surface area (Å²) in [6.07, 6.45) is 3.08. The zero-order valence-electron chi connectivity index (χ0n) is 16.0. The highest BCUT2D eigenvalue weighted by molar-refractivity contribution is 5.93. The van der Waals surface area contributed by atoms with E-state index >= 15 is 0 Å². The second kappa shape index (κ2) is 8.51. The summed E-state index contributed by atoms with van der Waals surface area (Å²) in [5, 5.41) is 2.66. The molecule has 0 aliphatic carbocycles. The molecule has 0 saturated heterocycles. The van der Waals surface area contributed by atoms with Crippen LogP contribution in [0.15, 0.2) is 47.1 Å². The molecule has 3 N–H and O–H groups in total. The number of oxazole rings is 1. The summed E-state index contributed by atoms with van der Waals surface area (Å²) < 4.78 is 19.9. The SMILES string of the molecule is CCC(=O)N(C)c1ccc(-c2ncc(C(=O)NCc3cccnc3N)o2)cc1F. The van der Waals surface area contributed by atoms with Crippen LogP contribution in [-0.4, -0.2) is 28.8 Å². The van der Waals surface area contributed by atoms with Crippen LogP contribution in [-0.2, 0) is 11.3 Å². The molecule has 8 nitrogen and oxygen atoms in total. The van der Waals surface area contributed by atoms with E-state index < -0.39 is 11.7 Å². The van der Waals surface area contributed by atoms with E-state index in [1.54, 1.807) is 31.3 Å². The molecule has 3 aromatic rings. The molecule has 29 heavy (non-hydrogen) atoms. The maximum Gasteiger partial charge on any atom is 0.288 e. The number of nitrogens with zero attached hydrogens (tertiary/aromatic N) is 3. The van der Waals surface area contributed by atoms with Crippen LogP contribution in [0.2, 0.25) is 0 Å². The first kappa shape index (κ1) is 20.0. The normalized spacial score (nSPS) is 10.6. The second-order valence-corrected chi connectivity index (χ2v) is 6.23. The molecule has 0 atom stereocenters. The Balaban J connectivity index is 1.72. The summed E-state index contributed by atoms with van der Waals surface area (Å²) in [7, 11) is 1.51. The van der Waals surface area contributed by atoms with E-state index in [1.165, 1.54) is 30.3 Å². The minimum atomic E-state index is -0.594. The van der Waals surface area contributed by atoms with Gasteiger partial charge in [0.15, 0.2) is 0 Å². The summed E-state index contributed by atoms with van der Waals surface area (Å²) in [5.74, 6) is -0.897. The quantitative estimate of drug-likeness (QED) is 0.661. The third kappa shape index (κ3) is 4.40. The molecule has 0 aliphatic rings. The predicted octanol–water partition coefficient (Wildman–Crippen LogP) is 2.76. The predicted molar refractivity (Wildman–Crippen MR) is 105 cm³/mol. The first-order valence-corrected chi connectivity index (χ1v) is 8.90. The number of nitrogens with one attached hydrogen (secondary N) is 1. The molecule has 0 fully saturated rings. The van der Waals surface area contributed by atoms with Crippen molar-refractivity contribution >= 4 is 23.3 Å². The monoisotopic (exact) mass is 397 g/mol. The van der Waals surface area contributed by atoms with Gasteiger partial charge in [-0.15, -0.1) is 0 Å². The third-order valence-corrected chi connectivity index (χ3v) is 4.33. The van der Waals surface area contributed by atoms with E-state index in [9.17, 15) is 14.0 Å². The number of pyridine rings is 1. The zero-order chi connectivity index (χ0) is 21.0. The number of amides is 2. The average Bonchev–Trinajstić information content (AvgIpc) is 3.22. The number of benzene rings is 1. The summed E-state index contributed by atoms with van der Waals surface area (Å²) >= 11 is 0. The van der Waals surface area contributed by atoms with Gasteiger partial charge in [0.25, 0.3) is 5.91 Å². The summed E-state index contributed by atoms with van der Waals surface area (Å²) in [5.41, 5.74) is 6.91. The van der Waals surface area contributed by atoms with Crippen LogP contribution in [0.3, 0.4) is 0 Å². The number of nitrogen functional groups attached to an aromatic ring is 1. The summed E-state index contributed by atoms with van der Waals surface area (Å²) in [4.78, 5) is 33.3. The van der Waals surface area contributed by atoms with Gasteiger partial charge in [-0.1, -0.05) is 13.0 Å². The molecular formula is C20H20FN5O3. The fourth-order valence-corrected chi connectivity index (χ4v) is 2.66. The minimum absolute atomic E-state index is 0.0229. The Morgan fingerprint density at radius 1 is 1.28 bits per heavy atom. The molecule has 0 unspecified atom stereocenters. The van der Waals surface area contributed by atoms with Crippen LogP contribution < -0.4 is 16.0 Å². The lowest BCUT2D eigenvalue weighted by atomic mass is 10.2. The van der Waals surface area contributed by atoms with Crippen molar-refractivity contribution in [3.63, 3.8) is 0 Å². The average molecular weight is 397 g/mol. The van der Waals surface area contributed by atoms with Gasteiger partial charge < -0.3 is 20.4 Å². The van der Waals surface area contributed by atoms with Crippen molar-refractivity contribution in [2.45, 2.75) is 19.9 Å². The lowest BCUT2D eigenvalue weighted by Crippen LogP contribution is -2.25. The zero-order valence-corrected chi connectivity index (χ0v) is 16.0. The Labute approximate surface area is 166 Å². The largest absolute Gasteiger partial charge is 0.431 e. The highest BCUT2D eigenvalue weighted by Gasteiger charge is 2.17. The molecule has 0 spiro atoms. The lowest BCUT2D eigenvalue weighted by Gasteiger charge is -2.17. The second-order valence-electron chi connectivity index (χ2n) is 6.23. The molecule has 2 heterocycles. The van der Waals surface area contributed by atoms with E-state index in [0.29, 0.717) is 16.9 Å². The molecule has 0 radical (unpaired) electrons. The van der Waals surface area contributed by atoms with E-state index in [0.717, 1.165) is 0 Å². The van der Waals surface area contributed by atoms with Gasteiger partial charge in [-0.2, -0.15) is 0 Å². The van der Waals surface area contributed by atoms with Crippen molar-refractivity contribution in [3.8, 4) is 11.5 Å². The van der Waals surface area contributed by atoms with Crippen molar-refractivity contribution in [1.82, 2.24) is 15.3 Å². The van der Waals surface area contributed by atoms with Crippen LogP contribution in [0, 0.1) is 5.82 Å². The van der Waals surface area contributed by atoms with Gasteiger partial charge in [0.1, 0.15) is 11.6 Å². The first-order valence-electron chi connectivity index (χ1n) is 8.90. The van der Waals surface area contributed by atoms with Crippen LogP contribution in [0.1, 0.15) is 29.5 Å². The fourth-order valence-electron chi connectivity index (χ4n) is 2.66. The van der Waals surface area contributed by atoms with Crippen molar-refractivity contribution < 1.29 is 18.4 Å². The van der Waals surface area contributed by atoms with Crippen molar-refractivity contribution in [2.24, 2.45) is 0 Å². The lowest BCUT2D eigenvalue weighted by molar-refractivity contribution is -0.118. The van der Waals surface area contributed by atoms with Crippen molar-refractivity contribution in [3.05, 3.63) is 59.9 Å². The Morgan fingerprint density at radius 2 is 2.07 bits per heavy atom. The molecule has 0 bridgehead atoms. The molecule has 2 amide bonds. The highest BCUT2D eigenvalue weighted by atomic mass is 19.1. The standard InChI is InChI=1S/C20H20FN5O3/c1-3-17(27)26(2)15-7-6-12(9-14(15)21)20-25-11-16(29-20)19(28)24-10-13-5-4-8-23-18(13)22/h4-9,11H,3,10H2,1-2H3,(H2,22,23)(H,24,28). The number of hydrogen-bond donors (Lipinski definition) is 2. The Bertz CT molecular complexity index is 1050. The number of carbonyl (C=O) groups excluding carboxylic acids is 2. The maximum absolute atomic E-state index is 14.4. The van der Waals surface area contributed by atoms with E-state index in [2.05, 4.69) is 15.3 Å². The van der Waals surface area contributed by atoms with Crippen LogP contribution in [0.25, 0.3) is 11.5 Å². The fraction of sp³-hybridized carbons (Fsp3) is 0.200. The number of aromatic nitrogens is 2. The molecule has 2 aromatic heterocycles. The number of halogens is 1. The first-order chi connectivity index (χ1) is 13.9. The van der Waals surface area contributed by atoms with Gasteiger partial charge in [0.2, 0.25) is 17.6 Å². The van der Waals surface area contributed by atoms with Gasteiger partial charge in [0.05, 0.1) is 11.9 Å². The van der Waals surface area contributed by atoms with Crippen LogP contribution >= 0.6 is 0 Å². The number of anilines is 2. The molecule has 0 saturated carbocycles. The molecule has 0 aliphatic heterocycles. The third-order valence-electron chi connectivity index (χ3n) is 4.33. The number of rotatable bonds is 6. The smallest absolute Gasteiger partial charge is 0.288 e. The summed E-state index contributed by atoms with van der Waals surface area (Å²) in [6.45, 7) is 1.88. The van der Waals surface area contributed by atoms with E-state index in [-0.39, 0.29) is 36.2 Å². The molecule has 3 rings (SSSR count). The van der Waals surface area contributed by atoms with Gasteiger partial charge in [-0.25, -0.2) is 14.4 Å². The van der Waals surface area contributed by atoms with Gasteiger partial charge in [-0.3, -0.25) is 9.59 Å². The number of nitrogens with two attached hydrogens (primary N) is 1. The number of carbonyl (C=O) groups is 2. The molecule has 9 heteroatoms. The van der Waals surface area contributed by atoms with Crippen molar-refractivity contribution in [2.75, 3.05) is 17.7 Å². The molecular weight excluding hydrogens is 377 g/mol. The van der Waals surface area contributed by atoms with Gasteiger partial charge in [-0.05, 0) is 24.3 Å².